The molecule has 2 rings (SSSR count). The van der Waals surface area contributed by atoms with Crippen LogP contribution in [0.3, 0.4) is 0 Å². The Hall–Kier alpha value is -2.04. The fourth-order valence-electron chi connectivity index (χ4n) is 2.28. The number of hydrogen-bond donors (Lipinski definition) is 2. The molecule has 0 aliphatic carbocycles. The molecule has 0 aliphatic heterocycles. The summed E-state index contributed by atoms with van der Waals surface area (Å²) in [6.07, 6.45) is 1.45. The lowest BCUT2D eigenvalue weighted by Gasteiger charge is -2.20. The summed E-state index contributed by atoms with van der Waals surface area (Å²) in [5.41, 5.74) is 6.91. The fraction of sp³-hybridized carbons (Fsp3) is 0.368. The van der Waals surface area contributed by atoms with Gasteiger partial charge in [-0.25, -0.2) is 0 Å². The molecule has 0 spiro atoms. The number of hydrogen-bond acceptors (Lipinski definition) is 4. The summed E-state index contributed by atoms with van der Waals surface area (Å²) in [5, 5.41) is 9.07. The van der Waals surface area contributed by atoms with E-state index in [0.717, 1.165) is 23.5 Å². The van der Waals surface area contributed by atoms with Gasteiger partial charge in [-0.05, 0) is 24.1 Å². The second kappa shape index (κ2) is 9.18. The minimum atomic E-state index is -0.252. The Morgan fingerprint density at radius 1 is 1.04 bits per heavy atom. The molecule has 0 bridgehead atoms. The van der Waals surface area contributed by atoms with Gasteiger partial charge >= 0.3 is 0 Å². The highest BCUT2D eigenvalue weighted by Gasteiger charge is 2.13. The molecule has 2 aromatic rings. The van der Waals surface area contributed by atoms with Crippen LogP contribution in [0, 0.1) is 0 Å². The monoisotopic (exact) mass is 315 g/mol. The number of aliphatic hydroxyl groups is 1. The van der Waals surface area contributed by atoms with Gasteiger partial charge < -0.3 is 20.3 Å². The van der Waals surface area contributed by atoms with Crippen LogP contribution in [0.4, 0.5) is 0 Å². The van der Waals surface area contributed by atoms with Gasteiger partial charge in [-0.2, -0.15) is 0 Å². The third-order valence-corrected chi connectivity index (χ3v) is 3.61. The minimum absolute atomic E-state index is 0.0125. The SMILES string of the molecule is CC[C@@H](C[C@H](N)CO)Oc1cccc(OCc2ccccc2)c1. The molecule has 0 heterocycles. The van der Waals surface area contributed by atoms with Crippen LogP contribution in [0.2, 0.25) is 0 Å². The lowest BCUT2D eigenvalue weighted by atomic mass is 10.1. The van der Waals surface area contributed by atoms with Crippen LogP contribution in [-0.2, 0) is 6.61 Å². The predicted molar refractivity (Wildman–Crippen MR) is 91.6 cm³/mol. The van der Waals surface area contributed by atoms with Crippen molar-refractivity contribution in [1.82, 2.24) is 0 Å². The quantitative estimate of drug-likeness (QED) is 0.746. The molecule has 0 fully saturated rings. The molecule has 4 heteroatoms. The number of ether oxygens (including phenoxy) is 2. The summed E-state index contributed by atoms with van der Waals surface area (Å²) in [6.45, 7) is 2.54. The number of nitrogens with two attached hydrogens (primary N) is 1. The Morgan fingerprint density at radius 3 is 2.48 bits per heavy atom. The summed E-state index contributed by atoms with van der Waals surface area (Å²) in [6, 6.07) is 17.4. The van der Waals surface area contributed by atoms with E-state index in [1.54, 1.807) is 0 Å². The van der Waals surface area contributed by atoms with Gasteiger partial charge in [0.1, 0.15) is 24.2 Å². The summed E-state index contributed by atoms with van der Waals surface area (Å²) < 4.78 is 11.8. The standard InChI is InChI=1S/C19H25NO3/c1-2-17(11-16(20)13-21)23-19-10-6-9-18(12-19)22-14-15-7-4-3-5-8-15/h3-10,12,16-17,21H,2,11,13-14,20H2,1H3/t16-,17-/m0/s1. The van der Waals surface area contributed by atoms with E-state index in [-0.39, 0.29) is 18.8 Å². The lowest BCUT2D eigenvalue weighted by molar-refractivity contribution is 0.156. The van der Waals surface area contributed by atoms with Crippen LogP contribution in [0.15, 0.2) is 54.6 Å². The Balaban J connectivity index is 1.93. The van der Waals surface area contributed by atoms with E-state index in [0.29, 0.717) is 13.0 Å². The maximum Gasteiger partial charge on any atom is 0.123 e. The molecule has 4 nitrogen and oxygen atoms in total. The van der Waals surface area contributed by atoms with Gasteiger partial charge in [0.05, 0.1) is 6.61 Å². The first-order valence-corrected chi connectivity index (χ1v) is 8.01. The first kappa shape index (κ1) is 17.3. The molecular weight excluding hydrogens is 290 g/mol. The van der Waals surface area contributed by atoms with Crippen LogP contribution in [0.25, 0.3) is 0 Å². The maximum absolute atomic E-state index is 9.07. The number of aliphatic hydroxyl groups excluding tert-OH is 1. The van der Waals surface area contributed by atoms with Crippen molar-refractivity contribution in [2.45, 2.75) is 38.5 Å². The summed E-state index contributed by atoms with van der Waals surface area (Å²) in [4.78, 5) is 0. The Kier molecular flexibility index (Phi) is 6.91. The second-order valence-corrected chi connectivity index (χ2v) is 5.58. The van der Waals surface area contributed by atoms with Crippen LogP contribution < -0.4 is 15.2 Å². The Morgan fingerprint density at radius 2 is 1.78 bits per heavy atom. The minimum Gasteiger partial charge on any atom is -0.490 e. The van der Waals surface area contributed by atoms with Crippen LogP contribution in [-0.4, -0.2) is 23.9 Å². The topological polar surface area (TPSA) is 64.7 Å². The zero-order valence-electron chi connectivity index (χ0n) is 13.5. The highest BCUT2D eigenvalue weighted by atomic mass is 16.5. The molecule has 0 aliphatic rings. The first-order valence-electron chi connectivity index (χ1n) is 8.01. The third kappa shape index (κ3) is 5.93. The lowest BCUT2D eigenvalue weighted by Crippen LogP contribution is -2.31. The highest BCUT2D eigenvalue weighted by Crippen LogP contribution is 2.23. The van der Waals surface area contributed by atoms with Gasteiger partial charge in [0.15, 0.2) is 0 Å². The Bertz CT molecular complexity index is 574. The van der Waals surface area contributed by atoms with Crippen molar-refractivity contribution < 1.29 is 14.6 Å². The predicted octanol–water partition coefficient (Wildman–Crippen LogP) is 3.13. The maximum atomic E-state index is 9.07. The normalized spacial score (nSPS) is 13.3. The zero-order valence-corrected chi connectivity index (χ0v) is 13.5. The summed E-state index contributed by atoms with van der Waals surface area (Å²) in [7, 11) is 0. The van der Waals surface area contributed by atoms with Crippen molar-refractivity contribution in [3.05, 3.63) is 60.2 Å². The number of benzene rings is 2. The average Bonchev–Trinajstić information content (AvgIpc) is 2.60. The largest absolute Gasteiger partial charge is 0.490 e. The average molecular weight is 315 g/mol. The molecule has 0 aromatic heterocycles. The summed E-state index contributed by atoms with van der Waals surface area (Å²) >= 11 is 0. The van der Waals surface area contributed by atoms with E-state index < -0.39 is 0 Å². The molecule has 0 amide bonds. The molecule has 0 unspecified atom stereocenters. The zero-order chi connectivity index (χ0) is 16.5. The fourth-order valence-corrected chi connectivity index (χ4v) is 2.28. The van der Waals surface area contributed by atoms with Gasteiger partial charge in [0, 0.05) is 18.5 Å². The molecule has 0 radical (unpaired) electrons. The molecule has 0 saturated heterocycles. The van der Waals surface area contributed by atoms with Crippen LogP contribution >= 0.6 is 0 Å². The van der Waals surface area contributed by atoms with E-state index in [1.165, 1.54) is 0 Å². The first-order chi connectivity index (χ1) is 11.2. The van der Waals surface area contributed by atoms with Gasteiger partial charge in [-0.15, -0.1) is 0 Å². The molecule has 2 atom stereocenters. The van der Waals surface area contributed by atoms with Crippen molar-refractivity contribution in [3.63, 3.8) is 0 Å². The van der Waals surface area contributed by atoms with E-state index >= 15 is 0 Å². The van der Waals surface area contributed by atoms with E-state index in [1.807, 2.05) is 61.5 Å². The molecule has 23 heavy (non-hydrogen) atoms. The van der Waals surface area contributed by atoms with Crippen molar-refractivity contribution in [1.29, 1.82) is 0 Å². The van der Waals surface area contributed by atoms with Gasteiger partial charge in [-0.1, -0.05) is 43.3 Å². The molecule has 3 N–H and O–H groups in total. The van der Waals surface area contributed by atoms with Gasteiger partial charge in [0.2, 0.25) is 0 Å². The van der Waals surface area contributed by atoms with E-state index in [9.17, 15) is 0 Å². The summed E-state index contributed by atoms with van der Waals surface area (Å²) in [5.74, 6) is 1.53. The van der Waals surface area contributed by atoms with Crippen LogP contribution in [0.5, 0.6) is 11.5 Å². The second-order valence-electron chi connectivity index (χ2n) is 5.58. The van der Waals surface area contributed by atoms with Crippen molar-refractivity contribution in [2.75, 3.05) is 6.61 Å². The van der Waals surface area contributed by atoms with Gasteiger partial charge in [-0.3, -0.25) is 0 Å². The number of rotatable bonds is 9. The molecular formula is C19H25NO3. The van der Waals surface area contributed by atoms with Crippen molar-refractivity contribution in [2.24, 2.45) is 5.73 Å². The molecule has 2 aromatic carbocycles. The smallest absolute Gasteiger partial charge is 0.123 e. The molecule has 0 saturated carbocycles. The van der Waals surface area contributed by atoms with Gasteiger partial charge in [0.25, 0.3) is 0 Å². The van der Waals surface area contributed by atoms with Crippen molar-refractivity contribution >= 4 is 0 Å². The van der Waals surface area contributed by atoms with Crippen LogP contribution in [0.1, 0.15) is 25.3 Å². The highest BCUT2D eigenvalue weighted by molar-refractivity contribution is 5.33. The van der Waals surface area contributed by atoms with Crippen molar-refractivity contribution in [3.8, 4) is 11.5 Å². The Labute approximate surface area is 137 Å². The van der Waals surface area contributed by atoms with E-state index in [2.05, 4.69) is 0 Å². The molecule has 124 valence electrons. The van der Waals surface area contributed by atoms with E-state index in [4.69, 9.17) is 20.3 Å². The third-order valence-electron chi connectivity index (χ3n) is 3.61.